The van der Waals surface area contributed by atoms with E-state index < -0.39 is 0 Å². The molecule has 0 spiro atoms. The summed E-state index contributed by atoms with van der Waals surface area (Å²) in [6.07, 6.45) is 4.23. The number of imidazole rings is 1. The Morgan fingerprint density at radius 1 is 1.38 bits per heavy atom. The molecule has 6 heteroatoms. The topological polar surface area (TPSA) is 64.2 Å². The van der Waals surface area contributed by atoms with Crippen molar-refractivity contribution >= 4 is 16.9 Å². The Labute approximate surface area is 140 Å². The molecule has 0 saturated carbocycles. The molecule has 3 aromatic rings. The molecule has 3 heterocycles. The van der Waals surface area contributed by atoms with Gasteiger partial charge in [0.1, 0.15) is 11.5 Å². The number of likely N-dealkylation sites (tertiary alicyclic amines) is 1. The predicted octanol–water partition coefficient (Wildman–Crippen LogP) is 3.09. The van der Waals surface area contributed by atoms with Gasteiger partial charge in [0.15, 0.2) is 0 Å². The summed E-state index contributed by atoms with van der Waals surface area (Å²) in [5.41, 5.74) is 2.89. The molecule has 4 rings (SSSR count). The van der Waals surface area contributed by atoms with Crippen molar-refractivity contribution in [3.05, 3.63) is 48.1 Å². The van der Waals surface area contributed by atoms with Crippen LogP contribution < -0.4 is 0 Å². The van der Waals surface area contributed by atoms with E-state index in [1.54, 1.807) is 6.33 Å². The van der Waals surface area contributed by atoms with Crippen LogP contribution in [0, 0.1) is 6.92 Å². The molecule has 1 amide bonds. The third-order valence-corrected chi connectivity index (χ3v) is 4.65. The number of para-hydroxylation sites is 2. The Kier molecular flexibility index (Phi) is 3.80. The van der Waals surface area contributed by atoms with Crippen molar-refractivity contribution in [1.29, 1.82) is 0 Å². The van der Waals surface area contributed by atoms with Crippen LogP contribution >= 0.6 is 0 Å². The van der Waals surface area contributed by atoms with Crippen molar-refractivity contribution < 1.29 is 9.32 Å². The molecule has 24 heavy (non-hydrogen) atoms. The van der Waals surface area contributed by atoms with Gasteiger partial charge in [0.05, 0.1) is 23.4 Å². The zero-order valence-electron chi connectivity index (χ0n) is 13.7. The number of aryl methyl sites for hydroxylation is 2. The highest BCUT2D eigenvalue weighted by Gasteiger charge is 2.31. The van der Waals surface area contributed by atoms with Crippen LogP contribution in [0.5, 0.6) is 0 Å². The molecular formula is C18H20N4O2. The van der Waals surface area contributed by atoms with Gasteiger partial charge in [-0.2, -0.15) is 0 Å². The maximum Gasteiger partial charge on any atom is 0.224 e. The first-order valence-electron chi connectivity index (χ1n) is 8.35. The first-order chi connectivity index (χ1) is 11.7. The molecule has 2 aromatic heterocycles. The zero-order chi connectivity index (χ0) is 16.5. The van der Waals surface area contributed by atoms with Gasteiger partial charge in [0.25, 0.3) is 0 Å². The van der Waals surface area contributed by atoms with Gasteiger partial charge in [-0.15, -0.1) is 0 Å². The van der Waals surface area contributed by atoms with E-state index in [-0.39, 0.29) is 11.9 Å². The SMILES string of the molecule is Cc1cc(C2CCCN2C(=O)CCn2cnc3ccccc32)no1. The van der Waals surface area contributed by atoms with Crippen LogP contribution in [0.15, 0.2) is 41.2 Å². The minimum Gasteiger partial charge on any atom is -0.361 e. The average Bonchev–Trinajstić information content (AvgIpc) is 3.31. The van der Waals surface area contributed by atoms with Gasteiger partial charge in [0.2, 0.25) is 5.91 Å². The van der Waals surface area contributed by atoms with E-state index in [2.05, 4.69) is 10.1 Å². The lowest BCUT2D eigenvalue weighted by Gasteiger charge is -2.23. The summed E-state index contributed by atoms with van der Waals surface area (Å²) in [6, 6.07) is 9.96. The van der Waals surface area contributed by atoms with Crippen LogP contribution in [-0.4, -0.2) is 32.1 Å². The van der Waals surface area contributed by atoms with E-state index in [0.29, 0.717) is 13.0 Å². The number of fused-ring (bicyclic) bond motifs is 1. The summed E-state index contributed by atoms with van der Waals surface area (Å²) in [4.78, 5) is 19.0. The van der Waals surface area contributed by atoms with Crippen molar-refractivity contribution in [1.82, 2.24) is 19.6 Å². The average molecular weight is 324 g/mol. The Bertz CT molecular complexity index is 867. The summed E-state index contributed by atoms with van der Waals surface area (Å²) < 4.78 is 7.21. The lowest BCUT2D eigenvalue weighted by Crippen LogP contribution is -2.31. The summed E-state index contributed by atoms with van der Waals surface area (Å²) in [5.74, 6) is 0.949. The largest absolute Gasteiger partial charge is 0.361 e. The quantitative estimate of drug-likeness (QED) is 0.740. The second-order valence-corrected chi connectivity index (χ2v) is 6.28. The highest BCUT2D eigenvalue weighted by atomic mass is 16.5. The number of nitrogens with zero attached hydrogens (tertiary/aromatic N) is 4. The number of benzene rings is 1. The molecule has 6 nitrogen and oxygen atoms in total. The summed E-state index contributed by atoms with van der Waals surface area (Å²) in [6.45, 7) is 3.31. The standard InChI is InChI=1S/C18H20N4O2/c1-13-11-15(20-24-13)17-7-4-9-22(17)18(23)8-10-21-12-19-14-5-2-3-6-16(14)21/h2-3,5-6,11-12,17H,4,7-10H2,1H3. The van der Waals surface area contributed by atoms with Crippen LogP contribution in [0.25, 0.3) is 11.0 Å². The molecule has 1 aliphatic heterocycles. The molecule has 1 aromatic carbocycles. The van der Waals surface area contributed by atoms with E-state index in [4.69, 9.17) is 4.52 Å². The number of hydrogen-bond donors (Lipinski definition) is 0. The minimum atomic E-state index is 0.0504. The fraction of sp³-hybridized carbons (Fsp3) is 0.389. The zero-order valence-corrected chi connectivity index (χ0v) is 13.7. The molecule has 1 unspecified atom stereocenters. The number of carbonyl (C=O) groups excluding carboxylic acids is 1. The summed E-state index contributed by atoms with van der Waals surface area (Å²) >= 11 is 0. The number of amides is 1. The summed E-state index contributed by atoms with van der Waals surface area (Å²) in [5, 5.41) is 4.10. The normalized spacial score (nSPS) is 17.7. The van der Waals surface area contributed by atoms with Gasteiger partial charge < -0.3 is 14.0 Å². The second kappa shape index (κ2) is 6.11. The number of aromatic nitrogens is 3. The number of rotatable bonds is 4. The van der Waals surface area contributed by atoms with Crippen LogP contribution in [0.2, 0.25) is 0 Å². The first-order valence-corrected chi connectivity index (χ1v) is 8.35. The summed E-state index contributed by atoms with van der Waals surface area (Å²) in [7, 11) is 0. The van der Waals surface area contributed by atoms with Gasteiger partial charge in [0, 0.05) is 25.6 Å². The Morgan fingerprint density at radius 2 is 2.25 bits per heavy atom. The number of carbonyl (C=O) groups is 1. The predicted molar refractivity (Wildman–Crippen MR) is 89.3 cm³/mol. The van der Waals surface area contributed by atoms with E-state index in [1.165, 1.54) is 0 Å². The number of hydrogen-bond acceptors (Lipinski definition) is 4. The molecule has 1 aliphatic rings. The molecule has 0 N–H and O–H groups in total. The maximum atomic E-state index is 12.7. The van der Waals surface area contributed by atoms with Crippen molar-refractivity contribution in [3.63, 3.8) is 0 Å². The van der Waals surface area contributed by atoms with Gasteiger partial charge in [-0.1, -0.05) is 17.3 Å². The van der Waals surface area contributed by atoms with Crippen molar-refractivity contribution in [2.24, 2.45) is 0 Å². The minimum absolute atomic E-state index is 0.0504. The second-order valence-electron chi connectivity index (χ2n) is 6.28. The monoisotopic (exact) mass is 324 g/mol. The fourth-order valence-electron chi connectivity index (χ4n) is 3.46. The van der Waals surface area contributed by atoms with Gasteiger partial charge >= 0.3 is 0 Å². The van der Waals surface area contributed by atoms with Gasteiger partial charge in [-0.3, -0.25) is 4.79 Å². The molecule has 0 aliphatic carbocycles. The third-order valence-electron chi connectivity index (χ3n) is 4.65. The third kappa shape index (κ3) is 2.68. The fourth-order valence-corrected chi connectivity index (χ4v) is 3.46. The van der Waals surface area contributed by atoms with E-state index in [1.807, 2.05) is 46.7 Å². The van der Waals surface area contributed by atoms with E-state index >= 15 is 0 Å². The highest BCUT2D eigenvalue weighted by molar-refractivity contribution is 5.78. The van der Waals surface area contributed by atoms with E-state index in [9.17, 15) is 4.79 Å². The first kappa shape index (κ1) is 14.9. The highest BCUT2D eigenvalue weighted by Crippen LogP contribution is 2.32. The molecule has 124 valence electrons. The Balaban J connectivity index is 1.45. The molecule has 1 fully saturated rings. The molecule has 1 saturated heterocycles. The van der Waals surface area contributed by atoms with Gasteiger partial charge in [-0.05, 0) is 31.9 Å². The van der Waals surface area contributed by atoms with Crippen LogP contribution in [0.1, 0.15) is 36.8 Å². The lowest BCUT2D eigenvalue weighted by atomic mass is 10.1. The van der Waals surface area contributed by atoms with E-state index in [0.717, 1.165) is 41.9 Å². The maximum absolute atomic E-state index is 12.7. The molecule has 0 bridgehead atoms. The molecular weight excluding hydrogens is 304 g/mol. The van der Waals surface area contributed by atoms with Crippen molar-refractivity contribution in [2.75, 3.05) is 6.54 Å². The van der Waals surface area contributed by atoms with Crippen LogP contribution in [-0.2, 0) is 11.3 Å². The lowest BCUT2D eigenvalue weighted by molar-refractivity contribution is -0.132. The smallest absolute Gasteiger partial charge is 0.224 e. The molecule has 0 radical (unpaired) electrons. The van der Waals surface area contributed by atoms with Crippen molar-refractivity contribution in [2.45, 2.75) is 38.8 Å². The molecule has 1 atom stereocenters. The van der Waals surface area contributed by atoms with Crippen LogP contribution in [0.3, 0.4) is 0 Å². The van der Waals surface area contributed by atoms with Gasteiger partial charge in [-0.25, -0.2) is 4.98 Å². The van der Waals surface area contributed by atoms with Crippen LogP contribution in [0.4, 0.5) is 0 Å². The Hall–Kier alpha value is -2.63. The Morgan fingerprint density at radius 3 is 3.08 bits per heavy atom. The van der Waals surface area contributed by atoms with Crippen molar-refractivity contribution in [3.8, 4) is 0 Å².